The van der Waals surface area contributed by atoms with Crippen molar-refractivity contribution in [3.63, 3.8) is 0 Å². The van der Waals surface area contributed by atoms with Crippen molar-refractivity contribution in [1.82, 2.24) is 14.5 Å². The molecule has 0 aromatic carbocycles. The summed E-state index contributed by atoms with van der Waals surface area (Å²) in [6, 6.07) is 1.48. The van der Waals surface area contributed by atoms with E-state index >= 15 is 0 Å². The minimum absolute atomic E-state index is 0.00340. The molecular weight excluding hydrogens is 270 g/mol. The van der Waals surface area contributed by atoms with Crippen LogP contribution in [-0.4, -0.2) is 14.5 Å². The minimum atomic E-state index is 0.00340. The molecule has 0 spiro atoms. The third-order valence-electron chi connectivity index (χ3n) is 2.57. The first kappa shape index (κ1) is 13.2. The maximum absolute atomic E-state index is 11.4. The van der Waals surface area contributed by atoms with Crippen molar-refractivity contribution in [3.05, 3.63) is 45.0 Å². The van der Waals surface area contributed by atoms with E-state index < -0.39 is 0 Å². The highest BCUT2D eigenvalue weighted by molar-refractivity contribution is 7.09. The Balaban J connectivity index is 1.76. The van der Waals surface area contributed by atoms with Gasteiger partial charge in [-0.15, -0.1) is 22.9 Å². The molecule has 18 heavy (non-hydrogen) atoms. The van der Waals surface area contributed by atoms with Gasteiger partial charge in [0.15, 0.2) is 0 Å². The van der Waals surface area contributed by atoms with Crippen LogP contribution in [0.15, 0.2) is 28.8 Å². The highest BCUT2D eigenvalue weighted by Crippen LogP contribution is 2.14. The van der Waals surface area contributed by atoms with Crippen LogP contribution >= 0.6 is 22.9 Å². The third-order valence-corrected chi connectivity index (χ3v) is 3.80. The number of hydrogen-bond acceptors (Lipinski definition) is 4. The molecule has 0 N–H and O–H groups in total. The maximum atomic E-state index is 11.4. The van der Waals surface area contributed by atoms with Gasteiger partial charge in [-0.3, -0.25) is 9.36 Å². The third kappa shape index (κ3) is 3.65. The van der Waals surface area contributed by atoms with Crippen molar-refractivity contribution in [1.29, 1.82) is 0 Å². The summed E-state index contributed by atoms with van der Waals surface area (Å²) in [5, 5.41) is 3.11. The predicted molar refractivity (Wildman–Crippen MR) is 73.1 cm³/mol. The number of aromatic nitrogens is 3. The molecule has 0 atom stereocenters. The Labute approximate surface area is 114 Å². The molecule has 0 aliphatic rings. The molecule has 2 rings (SSSR count). The molecule has 2 heterocycles. The van der Waals surface area contributed by atoms with Crippen LogP contribution in [0.4, 0.5) is 0 Å². The molecule has 0 saturated heterocycles. The van der Waals surface area contributed by atoms with Gasteiger partial charge in [-0.25, -0.2) is 9.97 Å². The van der Waals surface area contributed by atoms with E-state index in [0.717, 1.165) is 30.0 Å². The van der Waals surface area contributed by atoms with Gasteiger partial charge in [0.2, 0.25) is 0 Å². The maximum Gasteiger partial charge on any atom is 0.253 e. The van der Waals surface area contributed by atoms with Gasteiger partial charge in [0.1, 0.15) is 0 Å². The fourth-order valence-corrected chi connectivity index (χ4v) is 2.70. The van der Waals surface area contributed by atoms with Gasteiger partial charge in [-0.1, -0.05) is 0 Å². The van der Waals surface area contributed by atoms with E-state index in [1.54, 1.807) is 22.2 Å². The smallest absolute Gasteiger partial charge is 0.253 e. The minimum Gasteiger partial charge on any atom is -0.299 e. The fourth-order valence-electron chi connectivity index (χ4n) is 1.63. The van der Waals surface area contributed by atoms with Crippen LogP contribution in [0.5, 0.6) is 0 Å². The van der Waals surface area contributed by atoms with Crippen molar-refractivity contribution in [2.75, 3.05) is 0 Å². The van der Waals surface area contributed by atoms with Gasteiger partial charge in [-0.2, -0.15) is 0 Å². The molecule has 0 aliphatic carbocycles. The molecule has 0 saturated carbocycles. The zero-order valence-electron chi connectivity index (χ0n) is 9.88. The molecule has 0 bridgehead atoms. The van der Waals surface area contributed by atoms with E-state index in [0.29, 0.717) is 12.4 Å². The Kier molecular flexibility index (Phi) is 4.90. The zero-order chi connectivity index (χ0) is 12.8. The Morgan fingerprint density at radius 1 is 1.39 bits per heavy atom. The number of thiazole rings is 1. The van der Waals surface area contributed by atoms with E-state index in [1.165, 1.54) is 12.3 Å². The second kappa shape index (κ2) is 6.66. The molecule has 6 heteroatoms. The van der Waals surface area contributed by atoms with Crippen LogP contribution in [0.2, 0.25) is 0 Å². The van der Waals surface area contributed by atoms with Gasteiger partial charge in [0, 0.05) is 24.2 Å². The first-order chi connectivity index (χ1) is 8.79. The molecule has 0 aliphatic heterocycles. The number of hydrogen-bond donors (Lipinski definition) is 0. The summed E-state index contributed by atoms with van der Waals surface area (Å²) >= 11 is 7.35. The van der Waals surface area contributed by atoms with Crippen LogP contribution in [0.3, 0.4) is 0 Å². The summed E-state index contributed by atoms with van der Waals surface area (Å²) in [7, 11) is 0. The lowest BCUT2D eigenvalue weighted by Crippen LogP contribution is -2.18. The van der Waals surface area contributed by atoms with Crippen LogP contribution in [-0.2, 0) is 18.8 Å². The van der Waals surface area contributed by atoms with Crippen LogP contribution in [0.25, 0.3) is 0 Å². The van der Waals surface area contributed by atoms with E-state index in [2.05, 4.69) is 9.97 Å². The molecule has 0 unspecified atom stereocenters. The molecule has 96 valence electrons. The van der Waals surface area contributed by atoms with Gasteiger partial charge < -0.3 is 0 Å². The SMILES string of the molecule is O=c1ccncn1CCCCc1nc(CCl)cs1. The first-order valence-corrected chi connectivity index (χ1v) is 7.20. The normalized spacial score (nSPS) is 10.7. The van der Waals surface area contributed by atoms with Crippen LogP contribution in [0.1, 0.15) is 23.5 Å². The van der Waals surface area contributed by atoms with Crippen molar-refractivity contribution < 1.29 is 0 Å². The Bertz CT molecular complexity index is 552. The summed E-state index contributed by atoms with van der Waals surface area (Å²) in [4.78, 5) is 19.8. The monoisotopic (exact) mass is 283 g/mol. The lowest BCUT2D eigenvalue weighted by molar-refractivity contribution is 0.584. The first-order valence-electron chi connectivity index (χ1n) is 5.79. The Morgan fingerprint density at radius 3 is 3.00 bits per heavy atom. The van der Waals surface area contributed by atoms with E-state index in [1.807, 2.05) is 5.38 Å². The number of nitrogens with zero attached hydrogens (tertiary/aromatic N) is 3. The molecule has 4 nitrogen and oxygen atoms in total. The number of unbranched alkanes of at least 4 members (excludes halogenated alkanes) is 1. The average molecular weight is 284 g/mol. The summed E-state index contributed by atoms with van der Waals surface area (Å²) in [6.45, 7) is 0.709. The Morgan fingerprint density at radius 2 is 2.28 bits per heavy atom. The van der Waals surface area contributed by atoms with Crippen molar-refractivity contribution in [2.45, 2.75) is 31.7 Å². The molecule has 0 fully saturated rings. The highest BCUT2D eigenvalue weighted by Gasteiger charge is 2.01. The predicted octanol–water partition coefficient (Wildman–Crippen LogP) is 2.46. The molecule has 0 radical (unpaired) electrons. The van der Waals surface area contributed by atoms with Crippen molar-refractivity contribution in [3.8, 4) is 0 Å². The molecule has 2 aromatic rings. The lowest BCUT2D eigenvalue weighted by atomic mass is 10.2. The van der Waals surface area contributed by atoms with Crippen molar-refractivity contribution in [2.24, 2.45) is 0 Å². The average Bonchev–Trinajstić information content (AvgIpc) is 2.84. The Hall–Kier alpha value is -1.20. The summed E-state index contributed by atoms with van der Waals surface area (Å²) < 4.78 is 1.63. The van der Waals surface area contributed by atoms with Gasteiger partial charge >= 0.3 is 0 Å². The van der Waals surface area contributed by atoms with E-state index in [9.17, 15) is 4.79 Å². The summed E-state index contributed by atoms with van der Waals surface area (Å²) in [5.74, 6) is 0.474. The summed E-state index contributed by atoms with van der Waals surface area (Å²) in [5.41, 5.74) is 0.948. The second-order valence-corrected chi connectivity index (χ2v) is 5.15. The standard InChI is InChI=1S/C12H14ClN3OS/c13-7-10-8-18-11(15-10)3-1-2-6-16-9-14-5-4-12(16)17/h4-5,8-9H,1-3,6-7H2. The zero-order valence-corrected chi connectivity index (χ0v) is 11.5. The molecule has 2 aromatic heterocycles. The molecule has 0 amide bonds. The van der Waals surface area contributed by atoms with Crippen LogP contribution < -0.4 is 5.56 Å². The largest absolute Gasteiger partial charge is 0.299 e. The van der Waals surface area contributed by atoms with E-state index in [-0.39, 0.29) is 5.56 Å². The number of alkyl halides is 1. The fraction of sp³-hybridized carbons (Fsp3) is 0.417. The van der Waals surface area contributed by atoms with Gasteiger partial charge in [0.05, 0.1) is 22.9 Å². The van der Waals surface area contributed by atoms with Gasteiger partial charge in [0.25, 0.3) is 5.56 Å². The lowest BCUT2D eigenvalue weighted by Gasteiger charge is -2.02. The number of rotatable bonds is 6. The molecular formula is C12H14ClN3OS. The number of halogens is 1. The van der Waals surface area contributed by atoms with Gasteiger partial charge in [-0.05, 0) is 19.3 Å². The van der Waals surface area contributed by atoms with E-state index in [4.69, 9.17) is 11.6 Å². The van der Waals surface area contributed by atoms with Crippen LogP contribution in [0, 0.1) is 0 Å². The quantitative estimate of drug-likeness (QED) is 0.604. The summed E-state index contributed by atoms with van der Waals surface area (Å²) in [6.07, 6.45) is 5.99. The number of aryl methyl sites for hydroxylation is 2. The topological polar surface area (TPSA) is 47.8 Å². The van der Waals surface area contributed by atoms with Crippen molar-refractivity contribution >= 4 is 22.9 Å². The second-order valence-electron chi connectivity index (χ2n) is 3.94. The highest BCUT2D eigenvalue weighted by atomic mass is 35.5.